The van der Waals surface area contributed by atoms with Crippen LogP contribution >= 0.6 is 0 Å². The fourth-order valence-corrected chi connectivity index (χ4v) is 2.72. The maximum absolute atomic E-state index is 12.4. The van der Waals surface area contributed by atoms with Gasteiger partial charge < -0.3 is 9.47 Å². The van der Waals surface area contributed by atoms with E-state index >= 15 is 0 Å². The van der Waals surface area contributed by atoms with Crippen LogP contribution in [0.5, 0.6) is 5.75 Å². The van der Waals surface area contributed by atoms with Crippen LogP contribution in [0.2, 0.25) is 0 Å². The topological polar surface area (TPSA) is 35.5 Å². The summed E-state index contributed by atoms with van der Waals surface area (Å²) in [7, 11) is 0. The summed E-state index contributed by atoms with van der Waals surface area (Å²) in [5, 5.41) is 0. The lowest BCUT2D eigenvalue weighted by atomic mass is 9.99. The highest BCUT2D eigenvalue weighted by Gasteiger charge is 2.17. The van der Waals surface area contributed by atoms with E-state index in [1.165, 1.54) is 5.56 Å². The second kappa shape index (κ2) is 8.00. The first-order valence-corrected chi connectivity index (χ1v) is 8.44. The lowest BCUT2D eigenvalue weighted by Crippen LogP contribution is -2.16. The molecular weight excluding hydrogens is 300 g/mol. The summed E-state index contributed by atoms with van der Waals surface area (Å²) in [6.45, 7) is 10.2. The number of carbonyl (C=O) groups is 1. The number of rotatable bonds is 6. The molecule has 0 fully saturated rings. The van der Waals surface area contributed by atoms with Gasteiger partial charge >= 0.3 is 5.97 Å². The molecule has 0 saturated carbocycles. The van der Waals surface area contributed by atoms with Gasteiger partial charge in [0.1, 0.15) is 12.4 Å². The van der Waals surface area contributed by atoms with Crippen LogP contribution in [-0.2, 0) is 17.8 Å². The first-order chi connectivity index (χ1) is 11.4. The molecule has 0 aliphatic heterocycles. The lowest BCUT2D eigenvalue weighted by molar-refractivity contribution is 0.0375. The Balaban J connectivity index is 2.28. The molecular formula is C21H26O3. The summed E-state index contributed by atoms with van der Waals surface area (Å²) in [6, 6.07) is 11.8. The molecule has 0 spiro atoms. The van der Waals surface area contributed by atoms with Crippen molar-refractivity contribution in [3.05, 3.63) is 64.2 Å². The Bertz CT molecular complexity index is 717. The second-order valence-corrected chi connectivity index (χ2v) is 6.31. The van der Waals surface area contributed by atoms with Crippen LogP contribution in [-0.4, -0.2) is 12.1 Å². The van der Waals surface area contributed by atoms with Crippen molar-refractivity contribution in [2.75, 3.05) is 0 Å². The summed E-state index contributed by atoms with van der Waals surface area (Å²) < 4.78 is 11.4. The minimum Gasteiger partial charge on any atom is -0.489 e. The third-order valence-electron chi connectivity index (χ3n) is 3.92. The Morgan fingerprint density at radius 3 is 2.50 bits per heavy atom. The minimum atomic E-state index is -0.292. The van der Waals surface area contributed by atoms with E-state index in [0.29, 0.717) is 12.2 Å². The van der Waals surface area contributed by atoms with Crippen molar-refractivity contribution in [3.63, 3.8) is 0 Å². The Hall–Kier alpha value is -2.29. The van der Waals surface area contributed by atoms with Crippen molar-refractivity contribution >= 4 is 5.97 Å². The van der Waals surface area contributed by atoms with Gasteiger partial charge in [-0.1, -0.05) is 36.8 Å². The van der Waals surface area contributed by atoms with Gasteiger partial charge in [0.2, 0.25) is 0 Å². The van der Waals surface area contributed by atoms with E-state index in [9.17, 15) is 4.79 Å². The number of carbonyl (C=O) groups excluding carboxylic acids is 1. The molecule has 0 aliphatic carbocycles. The van der Waals surface area contributed by atoms with Gasteiger partial charge in [-0.15, -0.1) is 0 Å². The van der Waals surface area contributed by atoms with Gasteiger partial charge in [-0.05, 0) is 57.4 Å². The maximum Gasteiger partial charge on any atom is 0.338 e. The Morgan fingerprint density at radius 2 is 1.88 bits per heavy atom. The Kier molecular flexibility index (Phi) is 6.02. The van der Waals surface area contributed by atoms with E-state index in [0.717, 1.165) is 28.9 Å². The maximum atomic E-state index is 12.4. The first-order valence-electron chi connectivity index (χ1n) is 8.44. The average molecular weight is 326 g/mol. The second-order valence-electron chi connectivity index (χ2n) is 6.31. The van der Waals surface area contributed by atoms with Gasteiger partial charge in [-0.2, -0.15) is 0 Å². The van der Waals surface area contributed by atoms with Crippen LogP contribution in [0, 0.1) is 13.8 Å². The van der Waals surface area contributed by atoms with E-state index in [4.69, 9.17) is 9.47 Å². The lowest BCUT2D eigenvalue weighted by Gasteiger charge is -2.16. The molecule has 0 saturated heterocycles. The highest BCUT2D eigenvalue weighted by Crippen LogP contribution is 2.23. The summed E-state index contributed by atoms with van der Waals surface area (Å²) >= 11 is 0. The minimum absolute atomic E-state index is 0.143. The van der Waals surface area contributed by atoms with Gasteiger partial charge in [0.05, 0.1) is 11.7 Å². The number of hydrogen-bond acceptors (Lipinski definition) is 3. The molecule has 0 unspecified atom stereocenters. The van der Waals surface area contributed by atoms with Gasteiger partial charge in [-0.25, -0.2) is 4.79 Å². The molecule has 2 aromatic rings. The predicted octanol–water partition coefficient (Wildman–Crippen LogP) is 5.01. The average Bonchev–Trinajstić information content (AvgIpc) is 2.53. The van der Waals surface area contributed by atoms with Crippen LogP contribution in [0.25, 0.3) is 0 Å². The number of ether oxygens (including phenoxy) is 2. The van der Waals surface area contributed by atoms with Crippen LogP contribution < -0.4 is 4.74 Å². The Morgan fingerprint density at radius 1 is 1.12 bits per heavy atom. The molecule has 0 atom stereocenters. The van der Waals surface area contributed by atoms with Crippen molar-refractivity contribution < 1.29 is 14.3 Å². The fraction of sp³-hybridized carbons (Fsp3) is 0.381. The molecule has 0 aliphatic rings. The van der Waals surface area contributed by atoms with Crippen LogP contribution in [0.4, 0.5) is 0 Å². The zero-order valence-corrected chi connectivity index (χ0v) is 15.2. The zero-order chi connectivity index (χ0) is 17.7. The largest absolute Gasteiger partial charge is 0.489 e. The first kappa shape index (κ1) is 18.1. The van der Waals surface area contributed by atoms with Crippen molar-refractivity contribution in [1.82, 2.24) is 0 Å². The summed E-state index contributed by atoms with van der Waals surface area (Å²) in [5.74, 6) is 0.550. The SMILES string of the molecule is CCc1cccc(C(=O)OC(C)C)c1COc1ccc(C)cc1C. The van der Waals surface area contributed by atoms with Gasteiger partial charge in [0.25, 0.3) is 0 Å². The van der Waals surface area contributed by atoms with Crippen LogP contribution in [0.1, 0.15) is 53.4 Å². The third kappa shape index (κ3) is 4.38. The van der Waals surface area contributed by atoms with Crippen LogP contribution in [0.15, 0.2) is 36.4 Å². The van der Waals surface area contributed by atoms with Gasteiger partial charge in [-0.3, -0.25) is 0 Å². The highest BCUT2D eigenvalue weighted by molar-refractivity contribution is 5.91. The molecule has 0 N–H and O–H groups in total. The molecule has 128 valence electrons. The highest BCUT2D eigenvalue weighted by atomic mass is 16.5. The van der Waals surface area contributed by atoms with Gasteiger partial charge in [0.15, 0.2) is 0 Å². The van der Waals surface area contributed by atoms with Crippen LogP contribution in [0.3, 0.4) is 0 Å². The summed E-state index contributed by atoms with van der Waals surface area (Å²) in [5.41, 5.74) is 4.90. The normalized spacial score (nSPS) is 10.8. The van der Waals surface area contributed by atoms with E-state index < -0.39 is 0 Å². The van der Waals surface area contributed by atoms with Crippen molar-refractivity contribution in [2.24, 2.45) is 0 Å². The fourth-order valence-electron chi connectivity index (χ4n) is 2.72. The molecule has 2 rings (SSSR count). The monoisotopic (exact) mass is 326 g/mol. The predicted molar refractivity (Wildman–Crippen MR) is 96.6 cm³/mol. The molecule has 0 heterocycles. The summed E-state index contributed by atoms with van der Waals surface area (Å²) in [6.07, 6.45) is 0.699. The summed E-state index contributed by atoms with van der Waals surface area (Å²) in [4.78, 5) is 12.4. The zero-order valence-electron chi connectivity index (χ0n) is 15.2. The molecule has 3 heteroatoms. The third-order valence-corrected chi connectivity index (χ3v) is 3.92. The Labute approximate surface area is 144 Å². The van der Waals surface area contributed by atoms with Crippen molar-refractivity contribution in [3.8, 4) is 5.75 Å². The molecule has 3 nitrogen and oxygen atoms in total. The number of hydrogen-bond donors (Lipinski definition) is 0. The molecule has 0 aromatic heterocycles. The molecule has 0 radical (unpaired) electrons. The molecule has 0 bridgehead atoms. The van der Waals surface area contributed by atoms with E-state index in [2.05, 4.69) is 19.9 Å². The van der Waals surface area contributed by atoms with E-state index in [-0.39, 0.29) is 12.1 Å². The number of aryl methyl sites for hydroxylation is 3. The quantitative estimate of drug-likeness (QED) is 0.700. The standard InChI is InChI=1S/C21H26O3/c1-6-17-8-7-9-18(21(22)24-14(2)3)19(17)13-23-20-11-10-15(4)12-16(20)5/h7-12,14H,6,13H2,1-5H3. The molecule has 24 heavy (non-hydrogen) atoms. The molecule has 2 aromatic carbocycles. The molecule has 0 amide bonds. The van der Waals surface area contributed by atoms with E-state index in [1.54, 1.807) is 0 Å². The van der Waals surface area contributed by atoms with Crippen molar-refractivity contribution in [1.29, 1.82) is 0 Å². The number of benzene rings is 2. The smallest absolute Gasteiger partial charge is 0.338 e. The van der Waals surface area contributed by atoms with E-state index in [1.807, 2.05) is 51.1 Å². The van der Waals surface area contributed by atoms with Crippen molar-refractivity contribution in [2.45, 2.75) is 53.8 Å². The number of esters is 1. The van der Waals surface area contributed by atoms with Gasteiger partial charge in [0, 0.05) is 5.56 Å².